The van der Waals surface area contributed by atoms with Gasteiger partial charge in [0.05, 0.1) is 6.61 Å². The molecule has 0 aliphatic carbocycles. The molecule has 26 heavy (non-hydrogen) atoms. The Morgan fingerprint density at radius 2 is 1.50 bits per heavy atom. The Morgan fingerprint density at radius 1 is 0.885 bits per heavy atom. The number of carbonyl (C=O) groups excluding carboxylic acids is 1. The second-order valence-electron chi connectivity index (χ2n) is 6.80. The van der Waals surface area contributed by atoms with Crippen LogP contribution in [0.5, 0.6) is 0 Å². The van der Waals surface area contributed by atoms with Crippen molar-refractivity contribution in [2.24, 2.45) is 0 Å². The first-order valence-electron chi connectivity index (χ1n) is 10.4. The Bertz CT molecular complexity index is 481. The minimum Gasteiger partial charge on any atom is -0.465 e. The molecule has 4 nitrogen and oxygen atoms in total. The van der Waals surface area contributed by atoms with Crippen LogP contribution in [0, 0.1) is 0 Å². The maximum absolute atomic E-state index is 12.0. The second kappa shape index (κ2) is 13.6. The van der Waals surface area contributed by atoms with Crippen molar-refractivity contribution in [3.8, 4) is 0 Å². The Labute approximate surface area is 160 Å². The van der Waals surface area contributed by atoms with Gasteiger partial charge in [-0.15, -0.1) is 0 Å². The SMILES string of the molecule is CCCN(CCC)CCCCN(CC(=O)OCC)c1ccc(CC)cc1. The molecule has 0 saturated heterocycles. The van der Waals surface area contributed by atoms with Crippen LogP contribution < -0.4 is 4.90 Å². The largest absolute Gasteiger partial charge is 0.465 e. The van der Waals surface area contributed by atoms with Crippen molar-refractivity contribution in [3.05, 3.63) is 29.8 Å². The van der Waals surface area contributed by atoms with Gasteiger partial charge in [-0.2, -0.15) is 0 Å². The van der Waals surface area contributed by atoms with Crippen molar-refractivity contribution in [1.29, 1.82) is 0 Å². The van der Waals surface area contributed by atoms with E-state index >= 15 is 0 Å². The van der Waals surface area contributed by atoms with E-state index in [0.717, 1.165) is 38.0 Å². The molecule has 0 radical (unpaired) electrons. The third-order valence-corrected chi connectivity index (χ3v) is 4.57. The van der Waals surface area contributed by atoms with Crippen molar-refractivity contribution >= 4 is 11.7 Å². The van der Waals surface area contributed by atoms with Crippen molar-refractivity contribution in [1.82, 2.24) is 4.90 Å². The van der Waals surface area contributed by atoms with E-state index in [2.05, 4.69) is 54.8 Å². The predicted octanol–water partition coefficient (Wildman–Crippen LogP) is 4.52. The quantitative estimate of drug-likeness (QED) is 0.360. The molecule has 0 spiro atoms. The topological polar surface area (TPSA) is 32.8 Å². The maximum Gasteiger partial charge on any atom is 0.325 e. The number of nitrogens with zero attached hydrogens (tertiary/aromatic N) is 2. The summed E-state index contributed by atoms with van der Waals surface area (Å²) in [5.74, 6) is -0.148. The highest BCUT2D eigenvalue weighted by Crippen LogP contribution is 2.17. The fraction of sp³-hybridized carbons (Fsp3) is 0.682. The molecule has 0 aromatic heterocycles. The van der Waals surface area contributed by atoms with E-state index in [1.807, 2.05) is 6.92 Å². The van der Waals surface area contributed by atoms with Gasteiger partial charge < -0.3 is 14.5 Å². The summed E-state index contributed by atoms with van der Waals surface area (Å²) in [6, 6.07) is 8.55. The maximum atomic E-state index is 12.0. The molecule has 0 unspecified atom stereocenters. The number of rotatable bonds is 14. The van der Waals surface area contributed by atoms with Crippen LogP contribution in [0.3, 0.4) is 0 Å². The predicted molar refractivity (Wildman–Crippen MR) is 111 cm³/mol. The minimum atomic E-state index is -0.148. The van der Waals surface area contributed by atoms with E-state index in [4.69, 9.17) is 4.74 Å². The van der Waals surface area contributed by atoms with Crippen LogP contribution in [-0.2, 0) is 16.0 Å². The molecule has 1 rings (SSSR count). The molecule has 0 fully saturated rings. The highest BCUT2D eigenvalue weighted by molar-refractivity contribution is 5.75. The number of esters is 1. The van der Waals surface area contributed by atoms with Crippen LogP contribution in [0.15, 0.2) is 24.3 Å². The molecule has 0 atom stereocenters. The Hall–Kier alpha value is -1.55. The molecule has 4 heteroatoms. The monoisotopic (exact) mass is 362 g/mol. The molecule has 0 saturated carbocycles. The number of hydrogen-bond donors (Lipinski definition) is 0. The van der Waals surface area contributed by atoms with Crippen LogP contribution in [0.25, 0.3) is 0 Å². The number of benzene rings is 1. The third kappa shape index (κ3) is 8.70. The molecule has 0 bridgehead atoms. The normalized spacial score (nSPS) is 11.0. The van der Waals surface area contributed by atoms with Crippen LogP contribution in [-0.4, -0.2) is 50.2 Å². The zero-order chi connectivity index (χ0) is 19.2. The zero-order valence-electron chi connectivity index (χ0n) is 17.3. The van der Waals surface area contributed by atoms with Crippen LogP contribution >= 0.6 is 0 Å². The number of ether oxygens (including phenoxy) is 1. The molecular weight excluding hydrogens is 324 g/mol. The third-order valence-electron chi connectivity index (χ3n) is 4.57. The molecule has 1 aromatic carbocycles. The Morgan fingerprint density at radius 3 is 2.04 bits per heavy atom. The molecule has 1 aromatic rings. The van der Waals surface area contributed by atoms with Gasteiger partial charge in [-0.25, -0.2) is 0 Å². The summed E-state index contributed by atoms with van der Waals surface area (Å²) in [4.78, 5) is 16.7. The van der Waals surface area contributed by atoms with E-state index in [9.17, 15) is 4.79 Å². The van der Waals surface area contributed by atoms with Gasteiger partial charge in [-0.05, 0) is 76.4 Å². The summed E-state index contributed by atoms with van der Waals surface area (Å²) in [6.07, 6.45) is 5.69. The zero-order valence-corrected chi connectivity index (χ0v) is 17.3. The summed E-state index contributed by atoms with van der Waals surface area (Å²) in [5, 5.41) is 0. The van der Waals surface area contributed by atoms with Gasteiger partial charge in [-0.3, -0.25) is 4.79 Å². The fourth-order valence-corrected chi connectivity index (χ4v) is 3.21. The molecule has 0 amide bonds. The van der Waals surface area contributed by atoms with E-state index in [-0.39, 0.29) is 5.97 Å². The van der Waals surface area contributed by atoms with Gasteiger partial charge in [0.2, 0.25) is 0 Å². The summed E-state index contributed by atoms with van der Waals surface area (Å²) >= 11 is 0. The Kier molecular flexibility index (Phi) is 11.8. The average Bonchev–Trinajstić information content (AvgIpc) is 2.65. The van der Waals surface area contributed by atoms with Crippen molar-refractivity contribution in [2.45, 2.75) is 59.8 Å². The molecule has 0 heterocycles. The summed E-state index contributed by atoms with van der Waals surface area (Å²) < 4.78 is 5.16. The molecular formula is C22H38N2O2. The number of anilines is 1. The fourth-order valence-electron chi connectivity index (χ4n) is 3.21. The lowest BCUT2D eigenvalue weighted by molar-refractivity contribution is -0.141. The number of unbranched alkanes of at least 4 members (excludes halogenated alkanes) is 1. The van der Waals surface area contributed by atoms with Gasteiger partial charge in [0, 0.05) is 12.2 Å². The number of aryl methyl sites for hydroxylation is 1. The van der Waals surface area contributed by atoms with Gasteiger partial charge in [0.15, 0.2) is 0 Å². The van der Waals surface area contributed by atoms with Crippen molar-refractivity contribution < 1.29 is 9.53 Å². The van der Waals surface area contributed by atoms with Gasteiger partial charge in [-0.1, -0.05) is 32.9 Å². The number of carbonyl (C=O) groups is 1. The highest BCUT2D eigenvalue weighted by Gasteiger charge is 2.13. The van der Waals surface area contributed by atoms with Crippen LogP contribution in [0.1, 0.15) is 58.9 Å². The standard InChI is InChI=1S/C22H38N2O2/c1-5-15-23(16-6-2)17-9-10-18-24(19-22(25)26-8-4)21-13-11-20(7-3)12-14-21/h11-14H,5-10,15-19H2,1-4H3. The lowest BCUT2D eigenvalue weighted by Crippen LogP contribution is -2.33. The first-order chi connectivity index (χ1) is 12.6. The van der Waals surface area contributed by atoms with Crippen LogP contribution in [0.4, 0.5) is 5.69 Å². The molecule has 0 aliphatic heterocycles. The average molecular weight is 363 g/mol. The summed E-state index contributed by atoms with van der Waals surface area (Å²) in [5.41, 5.74) is 2.42. The lowest BCUT2D eigenvalue weighted by atomic mass is 10.1. The smallest absolute Gasteiger partial charge is 0.325 e. The van der Waals surface area contributed by atoms with Crippen LogP contribution in [0.2, 0.25) is 0 Å². The van der Waals surface area contributed by atoms with Crippen molar-refractivity contribution in [2.75, 3.05) is 44.2 Å². The van der Waals surface area contributed by atoms with Gasteiger partial charge in [0.1, 0.15) is 6.54 Å². The van der Waals surface area contributed by atoms with Gasteiger partial charge in [0.25, 0.3) is 0 Å². The summed E-state index contributed by atoms with van der Waals surface area (Å²) in [7, 11) is 0. The first kappa shape index (κ1) is 22.5. The van der Waals surface area contributed by atoms with Gasteiger partial charge >= 0.3 is 5.97 Å². The molecule has 148 valence electrons. The number of hydrogen-bond acceptors (Lipinski definition) is 4. The van der Waals surface area contributed by atoms with E-state index < -0.39 is 0 Å². The first-order valence-corrected chi connectivity index (χ1v) is 10.4. The van der Waals surface area contributed by atoms with E-state index in [1.165, 1.54) is 31.5 Å². The minimum absolute atomic E-state index is 0.148. The van der Waals surface area contributed by atoms with E-state index in [1.54, 1.807) is 0 Å². The molecule has 0 aliphatic rings. The Balaban J connectivity index is 2.59. The summed E-state index contributed by atoms with van der Waals surface area (Å²) in [6.45, 7) is 13.6. The second-order valence-corrected chi connectivity index (χ2v) is 6.80. The lowest BCUT2D eigenvalue weighted by Gasteiger charge is -2.25. The molecule has 0 N–H and O–H groups in total. The van der Waals surface area contributed by atoms with E-state index in [0.29, 0.717) is 13.2 Å². The van der Waals surface area contributed by atoms with Crippen molar-refractivity contribution in [3.63, 3.8) is 0 Å². The highest BCUT2D eigenvalue weighted by atomic mass is 16.5.